The molecule has 1 saturated heterocycles. The quantitative estimate of drug-likeness (QED) is 0.847. The Bertz CT molecular complexity index is 874. The highest BCUT2D eigenvalue weighted by Crippen LogP contribution is 2.18. The largest absolute Gasteiger partial charge is 0.497 e. The Morgan fingerprint density at radius 3 is 2.78 bits per heavy atom. The van der Waals surface area contributed by atoms with Gasteiger partial charge in [-0.2, -0.15) is 5.26 Å². The summed E-state index contributed by atoms with van der Waals surface area (Å²) in [5.74, 6) is 0.457. The summed E-state index contributed by atoms with van der Waals surface area (Å²) in [4.78, 5) is 26.0. The van der Waals surface area contributed by atoms with Gasteiger partial charge in [0.2, 0.25) is 5.91 Å². The first-order valence-corrected chi connectivity index (χ1v) is 8.44. The van der Waals surface area contributed by atoms with Gasteiger partial charge in [-0.25, -0.2) is 4.79 Å². The maximum Gasteiger partial charge on any atom is 0.410 e. The Labute approximate surface area is 157 Å². The molecule has 0 spiro atoms. The third kappa shape index (κ3) is 4.36. The van der Waals surface area contributed by atoms with Crippen LogP contribution >= 0.6 is 0 Å². The average molecular weight is 365 g/mol. The smallest absolute Gasteiger partial charge is 0.410 e. The molecular formula is C20H19N3O4. The average Bonchev–Trinajstić information content (AvgIpc) is 3.07. The first kappa shape index (κ1) is 18.3. The van der Waals surface area contributed by atoms with Gasteiger partial charge in [-0.05, 0) is 35.4 Å². The molecule has 1 aliphatic heterocycles. The second-order valence-corrected chi connectivity index (χ2v) is 6.10. The van der Waals surface area contributed by atoms with Crippen molar-refractivity contribution >= 4 is 12.0 Å². The molecule has 1 fully saturated rings. The van der Waals surface area contributed by atoms with Crippen molar-refractivity contribution in [2.24, 2.45) is 0 Å². The van der Waals surface area contributed by atoms with Crippen molar-refractivity contribution < 1.29 is 19.1 Å². The number of amides is 2. The third-order valence-electron chi connectivity index (χ3n) is 4.31. The van der Waals surface area contributed by atoms with Crippen LogP contribution in [0.1, 0.15) is 16.7 Å². The lowest BCUT2D eigenvalue weighted by molar-refractivity contribution is -0.125. The maximum absolute atomic E-state index is 12.5. The van der Waals surface area contributed by atoms with Gasteiger partial charge in [-0.15, -0.1) is 0 Å². The number of cyclic esters (lactones) is 1. The van der Waals surface area contributed by atoms with Crippen molar-refractivity contribution in [2.75, 3.05) is 13.7 Å². The number of carbonyl (C=O) groups excluding carboxylic acids is 2. The van der Waals surface area contributed by atoms with Gasteiger partial charge in [0, 0.05) is 6.54 Å². The number of nitrogens with one attached hydrogen (secondary N) is 1. The molecule has 2 aromatic carbocycles. The van der Waals surface area contributed by atoms with E-state index in [1.165, 1.54) is 4.90 Å². The fourth-order valence-electron chi connectivity index (χ4n) is 2.83. The topological polar surface area (TPSA) is 91.7 Å². The molecule has 7 nitrogen and oxygen atoms in total. The molecule has 1 aliphatic rings. The first-order chi connectivity index (χ1) is 13.1. The zero-order valence-corrected chi connectivity index (χ0v) is 14.8. The van der Waals surface area contributed by atoms with Gasteiger partial charge in [0.25, 0.3) is 0 Å². The van der Waals surface area contributed by atoms with E-state index in [-0.39, 0.29) is 19.1 Å². The van der Waals surface area contributed by atoms with E-state index in [9.17, 15) is 9.59 Å². The Kier molecular flexibility index (Phi) is 5.57. The summed E-state index contributed by atoms with van der Waals surface area (Å²) >= 11 is 0. The summed E-state index contributed by atoms with van der Waals surface area (Å²) in [6, 6.07) is 15.6. The molecule has 0 bridgehead atoms. The lowest BCUT2D eigenvalue weighted by Crippen LogP contribution is -2.45. The van der Waals surface area contributed by atoms with Crippen LogP contribution in [0.15, 0.2) is 48.5 Å². The number of hydrogen-bond acceptors (Lipinski definition) is 5. The Morgan fingerprint density at radius 2 is 2.07 bits per heavy atom. The molecule has 0 radical (unpaired) electrons. The number of carbonyl (C=O) groups is 2. The molecule has 1 atom stereocenters. The summed E-state index contributed by atoms with van der Waals surface area (Å²) in [6.07, 6.45) is -0.540. The van der Waals surface area contributed by atoms with Crippen molar-refractivity contribution in [2.45, 2.75) is 19.1 Å². The molecule has 1 N–H and O–H groups in total. The molecule has 0 unspecified atom stereocenters. The van der Waals surface area contributed by atoms with Crippen LogP contribution in [0.5, 0.6) is 5.75 Å². The maximum atomic E-state index is 12.5. The van der Waals surface area contributed by atoms with Crippen molar-refractivity contribution in [1.82, 2.24) is 10.2 Å². The summed E-state index contributed by atoms with van der Waals surface area (Å²) in [5.41, 5.74) is 2.18. The van der Waals surface area contributed by atoms with Gasteiger partial charge in [0.1, 0.15) is 18.4 Å². The van der Waals surface area contributed by atoms with Crippen LogP contribution in [0.2, 0.25) is 0 Å². The number of nitrogens with zero attached hydrogens (tertiary/aromatic N) is 2. The SMILES string of the molecule is COc1ccc(CNC(=O)[C@@H]2COC(=O)N2Cc2cccc(C#N)c2)cc1. The predicted octanol–water partition coefficient (Wildman–Crippen LogP) is 2.20. The van der Waals surface area contributed by atoms with Crippen LogP contribution in [-0.2, 0) is 22.6 Å². The van der Waals surface area contributed by atoms with Crippen molar-refractivity contribution in [3.63, 3.8) is 0 Å². The highest BCUT2D eigenvalue weighted by atomic mass is 16.6. The van der Waals surface area contributed by atoms with Crippen LogP contribution < -0.4 is 10.1 Å². The fourth-order valence-corrected chi connectivity index (χ4v) is 2.83. The first-order valence-electron chi connectivity index (χ1n) is 8.44. The summed E-state index contributed by atoms with van der Waals surface area (Å²) in [7, 11) is 1.59. The Morgan fingerprint density at radius 1 is 1.30 bits per heavy atom. The van der Waals surface area contributed by atoms with E-state index in [0.29, 0.717) is 12.1 Å². The molecule has 2 amide bonds. The second kappa shape index (κ2) is 8.23. The number of rotatable bonds is 6. The molecule has 0 aromatic heterocycles. The molecule has 3 rings (SSSR count). The molecule has 1 heterocycles. The van der Waals surface area contributed by atoms with Crippen molar-refractivity contribution in [1.29, 1.82) is 5.26 Å². The van der Waals surface area contributed by atoms with Gasteiger partial charge in [0.15, 0.2) is 0 Å². The minimum atomic E-state index is -0.707. The van der Waals surface area contributed by atoms with Crippen molar-refractivity contribution in [3.8, 4) is 11.8 Å². The number of benzene rings is 2. The van der Waals surface area contributed by atoms with E-state index in [4.69, 9.17) is 14.7 Å². The van der Waals surface area contributed by atoms with Crippen LogP contribution in [-0.4, -0.2) is 36.7 Å². The second-order valence-electron chi connectivity index (χ2n) is 6.10. The van der Waals surface area contributed by atoms with E-state index in [1.807, 2.05) is 24.3 Å². The molecular weight excluding hydrogens is 346 g/mol. The number of hydrogen-bond donors (Lipinski definition) is 1. The Hall–Kier alpha value is -3.53. The van der Waals surface area contributed by atoms with Gasteiger partial charge < -0.3 is 14.8 Å². The van der Waals surface area contributed by atoms with E-state index < -0.39 is 12.1 Å². The lowest BCUT2D eigenvalue weighted by Gasteiger charge is -2.21. The number of nitriles is 1. The van der Waals surface area contributed by atoms with Crippen LogP contribution in [0, 0.1) is 11.3 Å². The van der Waals surface area contributed by atoms with Crippen LogP contribution in [0.25, 0.3) is 0 Å². The zero-order valence-electron chi connectivity index (χ0n) is 14.8. The highest BCUT2D eigenvalue weighted by molar-refractivity contribution is 5.87. The zero-order chi connectivity index (χ0) is 19.2. The Balaban J connectivity index is 1.63. The summed E-state index contributed by atoms with van der Waals surface area (Å²) in [6.45, 7) is 0.547. The molecule has 27 heavy (non-hydrogen) atoms. The van der Waals surface area contributed by atoms with Crippen LogP contribution in [0.3, 0.4) is 0 Å². The lowest BCUT2D eigenvalue weighted by atomic mass is 10.1. The fraction of sp³-hybridized carbons (Fsp3) is 0.250. The summed E-state index contributed by atoms with van der Waals surface area (Å²) in [5, 5.41) is 11.8. The standard InChI is InChI=1S/C20H19N3O4/c1-26-17-7-5-14(6-8-17)11-22-19(24)18-13-27-20(25)23(18)12-16-4-2-3-15(9-16)10-21/h2-9,18H,11-13H2,1H3,(H,22,24)/t18-/m0/s1. The minimum Gasteiger partial charge on any atom is -0.497 e. The van der Waals surface area contributed by atoms with Crippen molar-refractivity contribution in [3.05, 3.63) is 65.2 Å². The molecule has 0 aliphatic carbocycles. The van der Waals surface area contributed by atoms with Crippen LogP contribution in [0.4, 0.5) is 4.79 Å². The van der Waals surface area contributed by atoms with Gasteiger partial charge >= 0.3 is 6.09 Å². The minimum absolute atomic E-state index is 0.00518. The normalized spacial score (nSPS) is 15.8. The van der Waals surface area contributed by atoms with E-state index in [2.05, 4.69) is 11.4 Å². The van der Waals surface area contributed by atoms with E-state index in [1.54, 1.807) is 31.4 Å². The monoisotopic (exact) mass is 365 g/mol. The van der Waals surface area contributed by atoms with Gasteiger partial charge in [-0.3, -0.25) is 9.69 Å². The number of methoxy groups -OCH3 is 1. The predicted molar refractivity (Wildman–Crippen MR) is 96.7 cm³/mol. The molecule has 0 saturated carbocycles. The third-order valence-corrected chi connectivity index (χ3v) is 4.31. The highest BCUT2D eigenvalue weighted by Gasteiger charge is 2.37. The molecule has 2 aromatic rings. The van der Waals surface area contributed by atoms with E-state index in [0.717, 1.165) is 16.9 Å². The van der Waals surface area contributed by atoms with Gasteiger partial charge in [0.05, 0.1) is 25.3 Å². The molecule has 138 valence electrons. The van der Waals surface area contributed by atoms with E-state index >= 15 is 0 Å². The van der Waals surface area contributed by atoms with Gasteiger partial charge in [-0.1, -0.05) is 24.3 Å². The summed E-state index contributed by atoms with van der Waals surface area (Å²) < 4.78 is 10.2. The molecule has 7 heteroatoms. The number of ether oxygens (including phenoxy) is 2.